The minimum absolute atomic E-state index is 0.0290. The highest BCUT2D eigenvalue weighted by atomic mass is 16.6. The summed E-state index contributed by atoms with van der Waals surface area (Å²) in [5.74, 6) is -3.86. The Morgan fingerprint density at radius 2 is 0.755 bits per heavy atom. The highest BCUT2D eigenvalue weighted by molar-refractivity contribution is 5.99. The third-order valence-corrected chi connectivity index (χ3v) is 17.5. The fraction of sp³-hybridized carbons (Fsp3) is 0.244. The zero-order valence-corrected chi connectivity index (χ0v) is 56.6. The van der Waals surface area contributed by atoms with E-state index in [0.29, 0.717) is 12.1 Å². The minimum Gasteiger partial charge on any atom is -0.444 e. The van der Waals surface area contributed by atoms with Gasteiger partial charge in [0.1, 0.15) is 23.7 Å². The van der Waals surface area contributed by atoms with Crippen molar-refractivity contribution in [2.45, 2.75) is 111 Å². The molecule has 98 heavy (non-hydrogen) atoms. The topological polar surface area (TPSA) is 235 Å². The van der Waals surface area contributed by atoms with Crippen LogP contribution < -0.4 is 48.0 Å². The van der Waals surface area contributed by atoms with Crippen LogP contribution in [0.25, 0.3) is 22.3 Å². The molecule has 5 heterocycles. The lowest BCUT2D eigenvalue weighted by Crippen LogP contribution is -2.57. The summed E-state index contributed by atoms with van der Waals surface area (Å²) in [5.41, 5.74) is 12.6. The molecule has 0 spiro atoms. The van der Waals surface area contributed by atoms with Crippen LogP contribution in [0.15, 0.2) is 224 Å². The van der Waals surface area contributed by atoms with E-state index in [0.717, 1.165) is 99.8 Å². The van der Waals surface area contributed by atoms with Crippen molar-refractivity contribution in [3.05, 3.63) is 302 Å². The number of anilines is 1. The zero-order chi connectivity index (χ0) is 69.0. The first-order chi connectivity index (χ1) is 47.2. The van der Waals surface area contributed by atoms with Crippen molar-refractivity contribution < 1.29 is 33.5 Å². The van der Waals surface area contributed by atoms with E-state index in [1.807, 2.05) is 155 Å². The van der Waals surface area contributed by atoms with Crippen molar-refractivity contribution in [3.63, 3.8) is 0 Å². The molecule has 4 aromatic heterocycles. The number of hydrogen-bond donors (Lipinski definition) is 9. The van der Waals surface area contributed by atoms with Gasteiger partial charge in [0.05, 0.1) is 6.04 Å². The van der Waals surface area contributed by atoms with E-state index in [1.165, 1.54) is 0 Å². The Morgan fingerprint density at radius 3 is 1.13 bits per heavy atom. The molecule has 6 aromatic carbocycles. The smallest absolute Gasteiger partial charge is 0.408 e. The van der Waals surface area contributed by atoms with Crippen LogP contribution >= 0.6 is 0 Å². The van der Waals surface area contributed by atoms with Gasteiger partial charge in [-0.05, 0) is 140 Å². The van der Waals surface area contributed by atoms with Gasteiger partial charge in [0.25, 0.3) is 0 Å². The molecule has 11 rings (SSSR count). The fourth-order valence-corrected chi connectivity index (χ4v) is 12.6. The van der Waals surface area contributed by atoms with E-state index < -0.39 is 65.4 Å². The molecule has 500 valence electrons. The number of aromatic nitrogens is 4. The SMILES string of the molecule is CC(C)C[C@H](NC(=O)OC(C)(C)C)C(=O)C[C@H](C(=O)N[C@@H](Cc1ccccc1)C(=O)N[C@@H](Cc1ccccc1)C(=O)N[C@@H](C)C(=O)Nc1ccc(C2=c3ccc([nH]3)=C(c3ccccc3)c3ccc([nH]3)C(c3ccccc3)=c3ccc([nH]3)=C(c3ccccc3)c3ccc2[nH]3)cc1)C(C)C. The Morgan fingerprint density at radius 1 is 0.388 bits per heavy atom. The summed E-state index contributed by atoms with van der Waals surface area (Å²) in [6.07, 6.45) is -0.511. The van der Waals surface area contributed by atoms with E-state index in [9.17, 15) is 28.8 Å². The van der Waals surface area contributed by atoms with Crippen LogP contribution in [0.4, 0.5) is 10.5 Å². The van der Waals surface area contributed by atoms with Gasteiger partial charge in [-0.2, -0.15) is 0 Å². The molecule has 0 aliphatic carbocycles. The van der Waals surface area contributed by atoms with Crippen LogP contribution in [0.3, 0.4) is 0 Å². The average molecular weight is 1310 g/mol. The number of Topliss-reactive ketones (excluding diaryl/α,β-unsaturated/α-hetero) is 1. The summed E-state index contributed by atoms with van der Waals surface area (Å²) in [6.45, 7) is 14.3. The normalized spacial score (nSPS) is 13.8. The van der Waals surface area contributed by atoms with Gasteiger partial charge in [0.2, 0.25) is 23.6 Å². The second-order valence-corrected chi connectivity index (χ2v) is 26.9. The molecule has 5 atom stereocenters. The summed E-state index contributed by atoms with van der Waals surface area (Å²) < 4.78 is 5.49. The van der Waals surface area contributed by atoms with Crippen LogP contribution in [0.2, 0.25) is 0 Å². The van der Waals surface area contributed by atoms with Gasteiger partial charge in [0, 0.05) is 97.3 Å². The van der Waals surface area contributed by atoms with Gasteiger partial charge < -0.3 is 51.3 Å². The summed E-state index contributed by atoms with van der Waals surface area (Å²) in [6, 6.07) is 69.6. The van der Waals surface area contributed by atoms with Crippen molar-refractivity contribution in [2.24, 2.45) is 17.8 Å². The van der Waals surface area contributed by atoms with Crippen molar-refractivity contribution in [1.82, 2.24) is 41.2 Å². The quantitative estimate of drug-likeness (QED) is 0.0300. The summed E-state index contributed by atoms with van der Waals surface area (Å²) in [4.78, 5) is 101. The van der Waals surface area contributed by atoms with Crippen molar-refractivity contribution >= 4 is 63.5 Å². The van der Waals surface area contributed by atoms with E-state index >= 15 is 0 Å². The molecule has 8 bridgehead atoms. The molecule has 0 saturated carbocycles. The van der Waals surface area contributed by atoms with E-state index in [1.54, 1.807) is 27.7 Å². The monoisotopic (exact) mass is 1310 g/mol. The molecule has 9 N–H and O–H groups in total. The molecular weight excluding hydrogens is 1220 g/mol. The van der Waals surface area contributed by atoms with E-state index in [4.69, 9.17) is 4.74 Å². The first-order valence-electron chi connectivity index (χ1n) is 33.6. The molecular formula is C82H85N9O7. The highest BCUT2D eigenvalue weighted by Gasteiger charge is 2.35. The Bertz CT molecular complexity index is 4720. The van der Waals surface area contributed by atoms with Gasteiger partial charge >= 0.3 is 6.09 Å². The third-order valence-electron chi connectivity index (χ3n) is 17.5. The third kappa shape index (κ3) is 16.9. The molecule has 1 aliphatic rings. The number of rotatable bonds is 23. The Kier molecular flexibility index (Phi) is 21.3. The number of ether oxygens (including phenoxy) is 1. The second-order valence-electron chi connectivity index (χ2n) is 26.9. The first kappa shape index (κ1) is 68.1. The maximum Gasteiger partial charge on any atom is 0.408 e. The summed E-state index contributed by atoms with van der Waals surface area (Å²) in [5, 5.41) is 18.1. The van der Waals surface area contributed by atoms with Crippen LogP contribution in [-0.2, 0) is 41.6 Å². The number of aromatic amines is 4. The summed E-state index contributed by atoms with van der Waals surface area (Å²) >= 11 is 0. The van der Waals surface area contributed by atoms with Gasteiger partial charge in [-0.15, -0.1) is 0 Å². The molecule has 0 fully saturated rings. The van der Waals surface area contributed by atoms with Crippen LogP contribution in [0.5, 0.6) is 0 Å². The van der Waals surface area contributed by atoms with Crippen molar-refractivity contribution in [2.75, 3.05) is 5.32 Å². The number of fused-ring (bicyclic) bond motifs is 8. The van der Waals surface area contributed by atoms with Crippen LogP contribution in [-0.4, -0.2) is 85.2 Å². The number of carbonyl (C=O) groups excluding carboxylic acids is 6. The number of benzene rings is 6. The number of carbonyl (C=O) groups is 6. The number of hydrogen-bond acceptors (Lipinski definition) is 7. The number of amides is 5. The zero-order valence-electron chi connectivity index (χ0n) is 56.6. The Hall–Kier alpha value is -11.3. The maximum atomic E-state index is 14.8. The first-order valence-corrected chi connectivity index (χ1v) is 33.6. The number of alkyl carbamates (subject to hydrolysis) is 1. The standard InChI is InChI=1S/C82H85N9O7/c1-50(2)46-69(91-81(97)98-82(6,7)8)72(92)49-60(51(3)4)78(94)89-71(48-54-26-16-10-17-27-54)80(96)90-70(47-53-24-14-9-15-25-53)79(95)83-52(5)77(93)84-59-36-34-58(35-37-59)76-67-44-42-65(87-67)74(56-30-20-12-21-31-56)63-40-38-61(85-63)73(55-28-18-11-19-29-55)62-39-41-64(86-62)75(57-32-22-13-23-33-57)66-43-45-68(76)88-66/h9-45,50-52,60,69-71,85-88H,46-49H2,1-8H3,(H,83,95)(H,84,93)(H,89,94)(H,90,96)(H,91,97)/t52-,60-,69-,70-,71-/m0/s1. The second kappa shape index (κ2) is 30.6. The molecule has 0 radical (unpaired) electrons. The van der Waals surface area contributed by atoms with Gasteiger partial charge in [-0.1, -0.05) is 191 Å². The number of ketones is 1. The summed E-state index contributed by atoms with van der Waals surface area (Å²) in [7, 11) is 0. The molecule has 1 aliphatic heterocycles. The van der Waals surface area contributed by atoms with Crippen molar-refractivity contribution in [1.29, 1.82) is 0 Å². The fourth-order valence-electron chi connectivity index (χ4n) is 12.6. The van der Waals surface area contributed by atoms with Crippen LogP contribution in [0.1, 0.15) is 124 Å². The van der Waals surface area contributed by atoms with Gasteiger partial charge in [0.15, 0.2) is 5.78 Å². The predicted octanol–water partition coefficient (Wildman–Crippen LogP) is 10.4. The number of H-pyrrole nitrogens is 4. The molecule has 0 unspecified atom stereocenters. The van der Waals surface area contributed by atoms with Gasteiger partial charge in [-0.3, -0.25) is 24.0 Å². The van der Waals surface area contributed by atoms with Crippen molar-refractivity contribution in [3.8, 4) is 0 Å². The lowest BCUT2D eigenvalue weighted by molar-refractivity contribution is -0.135. The molecule has 5 amide bonds. The van der Waals surface area contributed by atoms with E-state index in [-0.39, 0.29) is 36.9 Å². The lowest BCUT2D eigenvalue weighted by Gasteiger charge is -2.28. The van der Waals surface area contributed by atoms with Crippen LogP contribution in [0, 0.1) is 17.8 Å². The van der Waals surface area contributed by atoms with E-state index in [2.05, 4.69) is 144 Å². The predicted molar refractivity (Wildman–Crippen MR) is 385 cm³/mol. The minimum atomic E-state index is -1.20. The van der Waals surface area contributed by atoms with Gasteiger partial charge in [-0.25, -0.2) is 4.79 Å². The molecule has 0 saturated heterocycles. The largest absolute Gasteiger partial charge is 0.444 e. The Balaban J connectivity index is 0.866. The maximum absolute atomic E-state index is 14.8. The number of nitrogens with one attached hydrogen (secondary N) is 9. The molecule has 16 nitrogen and oxygen atoms in total. The Labute approximate surface area is 571 Å². The average Bonchev–Trinajstić information content (AvgIpc) is 1.61. The molecule has 16 heteroatoms. The lowest BCUT2D eigenvalue weighted by atomic mass is 9.86. The molecule has 10 aromatic rings. The highest BCUT2D eigenvalue weighted by Crippen LogP contribution is 2.29.